The number of amides is 1. The van der Waals surface area contributed by atoms with Crippen molar-refractivity contribution in [2.75, 3.05) is 36.4 Å². The molecule has 3 rings (SSSR count). The molecule has 0 saturated carbocycles. The summed E-state index contributed by atoms with van der Waals surface area (Å²) in [5.41, 5.74) is 0.515. The van der Waals surface area contributed by atoms with E-state index in [0.717, 1.165) is 0 Å². The first-order valence-corrected chi connectivity index (χ1v) is 10.0. The number of nitrogens with zero attached hydrogens (tertiary/aromatic N) is 2. The predicted molar refractivity (Wildman–Crippen MR) is 108 cm³/mol. The van der Waals surface area contributed by atoms with Gasteiger partial charge in [0.05, 0.1) is 11.7 Å². The average Bonchev–Trinajstić information content (AvgIpc) is 2.63. The van der Waals surface area contributed by atoms with Crippen LogP contribution < -0.4 is 15.5 Å². The van der Waals surface area contributed by atoms with Crippen molar-refractivity contribution >= 4 is 17.5 Å². The summed E-state index contributed by atoms with van der Waals surface area (Å²) in [6.45, 7) is 7.47. The molecule has 2 aliphatic rings. The van der Waals surface area contributed by atoms with Gasteiger partial charge in [0.15, 0.2) is 0 Å². The average molecular weight is 410 g/mol. The molecular formula is C20H31FN4O4. The zero-order chi connectivity index (χ0) is 21.2. The van der Waals surface area contributed by atoms with E-state index >= 15 is 0 Å². The van der Waals surface area contributed by atoms with Gasteiger partial charge in [-0.1, -0.05) is 0 Å². The molecule has 1 amide bonds. The van der Waals surface area contributed by atoms with Gasteiger partial charge in [0, 0.05) is 31.9 Å². The smallest absolute Gasteiger partial charge is 0.410 e. The quantitative estimate of drug-likeness (QED) is 0.602. The number of aliphatic hydroxyl groups is 2. The second kappa shape index (κ2) is 8.73. The van der Waals surface area contributed by atoms with E-state index in [4.69, 9.17) is 4.74 Å². The van der Waals surface area contributed by atoms with Gasteiger partial charge in [-0.2, -0.15) is 0 Å². The van der Waals surface area contributed by atoms with Crippen molar-refractivity contribution in [3.05, 3.63) is 24.0 Å². The zero-order valence-electron chi connectivity index (χ0n) is 17.2. The first kappa shape index (κ1) is 21.6. The highest BCUT2D eigenvalue weighted by molar-refractivity contribution is 5.68. The van der Waals surface area contributed by atoms with Crippen LogP contribution in [0.25, 0.3) is 0 Å². The van der Waals surface area contributed by atoms with Gasteiger partial charge in [0.1, 0.15) is 23.9 Å². The Kier molecular flexibility index (Phi) is 6.50. The van der Waals surface area contributed by atoms with Gasteiger partial charge < -0.3 is 30.1 Å². The van der Waals surface area contributed by atoms with Crippen LogP contribution in [0.5, 0.6) is 0 Å². The summed E-state index contributed by atoms with van der Waals surface area (Å²) >= 11 is 0. The minimum atomic E-state index is -0.901. The highest BCUT2D eigenvalue weighted by Crippen LogP contribution is 2.26. The standard InChI is InChI=1S/C20H31FN4O4/c1-20(2,3)29-19(28)25-10-8-24(9-11-25)16-6-4-13(12-14(16)21)22-15-5-7-17(26)23-18(15)27/h4,6,12,15,17-18,22-23,26-27H,5,7-11H2,1-3H3. The van der Waals surface area contributed by atoms with E-state index in [9.17, 15) is 19.4 Å². The fourth-order valence-electron chi connectivity index (χ4n) is 3.57. The van der Waals surface area contributed by atoms with Crippen molar-refractivity contribution in [1.82, 2.24) is 10.2 Å². The maximum absolute atomic E-state index is 14.7. The van der Waals surface area contributed by atoms with Gasteiger partial charge in [0.25, 0.3) is 0 Å². The third kappa shape index (κ3) is 5.71. The van der Waals surface area contributed by atoms with E-state index in [1.165, 1.54) is 6.07 Å². The van der Waals surface area contributed by atoms with Crippen LogP contribution in [0.4, 0.5) is 20.6 Å². The number of hydrogen-bond donors (Lipinski definition) is 4. The van der Waals surface area contributed by atoms with Crippen molar-refractivity contribution in [3.63, 3.8) is 0 Å². The molecule has 4 N–H and O–H groups in total. The minimum absolute atomic E-state index is 0.305. The molecule has 8 nitrogen and oxygen atoms in total. The second-order valence-electron chi connectivity index (χ2n) is 8.58. The molecule has 2 saturated heterocycles. The van der Waals surface area contributed by atoms with Gasteiger partial charge in [-0.3, -0.25) is 5.32 Å². The number of rotatable bonds is 3. The van der Waals surface area contributed by atoms with Crippen LogP contribution in [-0.2, 0) is 4.74 Å². The molecule has 2 aliphatic heterocycles. The molecule has 0 bridgehead atoms. The van der Waals surface area contributed by atoms with Gasteiger partial charge in [-0.25, -0.2) is 9.18 Å². The number of benzene rings is 1. The lowest BCUT2D eigenvalue weighted by atomic mass is 10.0. The number of piperidine rings is 1. The SMILES string of the molecule is CC(C)(C)OC(=O)N1CCN(c2ccc(NC3CCC(O)NC3O)cc2F)CC1. The molecule has 0 aromatic heterocycles. The highest BCUT2D eigenvalue weighted by atomic mass is 19.1. The molecule has 0 spiro atoms. The van der Waals surface area contributed by atoms with Gasteiger partial charge in [0.2, 0.25) is 0 Å². The lowest BCUT2D eigenvalue weighted by Gasteiger charge is -2.37. The largest absolute Gasteiger partial charge is 0.444 e. The van der Waals surface area contributed by atoms with E-state index in [-0.39, 0.29) is 18.0 Å². The lowest BCUT2D eigenvalue weighted by Crippen LogP contribution is -2.53. The number of nitrogens with one attached hydrogen (secondary N) is 2. The maximum Gasteiger partial charge on any atom is 0.410 e. The first-order valence-electron chi connectivity index (χ1n) is 10.0. The monoisotopic (exact) mass is 410 g/mol. The molecule has 3 unspecified atom stereocenters. The van der Waals surface area contributed by atoms with Crippen LogP contribution in [0, 0.1) is 5.82 Å². The van der Waals surface area contributed by atoms with Crippen molar-refractivity contribution in [2.24, 2.45) is 0 Å². The van der Waals surface area contributed by atoms with Crippen LogP contribution in [0.3, 0.4) is 0 Å². The molecule has 0 aliphatic carbocycles. The van der Waals surface area contributed by atoms with Crippen LogP contribution in [0.15, 0.2) is 18.2 Å². The molecule has 9 heteroatoms. The third-order valence-corrected chi connectivity index (χ3v) is 5.07. The van der Waals surface area contributed by atoms with Crippen LogP contribution in [-0.4, -0.2) is 71.5 Å². The van der Waals surface area contributed by atoms with Gasteiger partial charge >= 0.3 is 6.09 Å². The van der Waals surface area contributed by atoms with E-state index in [1.54, 1.807) is 17.0 Å². The molecule has 1 aromatic carbocycles. The van der Waals surface area contributed by atoms with Crippen LogP contribution in [0.1, 0.15) is 33.6 Å². The summed E-state index contributed by atoms with van der Waals surface area (Å²) in [6, 6.07) is 4.59. The van der Waals surface area contributed by atoms with E-state index in [2.05, 4.69) is 10.6 Å². The summed E-state index contributed by atoms with van der Waals surface area (Å²) in [6.07, 6.45) is -0.881. The topological polar surface area (TPSA) is 97.3 Å². The molecule has 2 heterocycles. The van der Waals surface area contributed by atoms with Crippen LogP contribution in [0.2, 0.25) is 0 Å². The number of aliphatic hydroxyl groups excluding tert-OH is 2. The summed E-state index contributed by atoms with van der Waals surface area (Å²) in [5.74, 6) is -0.362. The summed E-state index contributed by atoms with van der Waals surface area (Å²) in [4.78, 5) is 15.7. The maximum atomic E-state index is 14.7. The number of carbonyl (C=O) groups excluding carboxylic acids is 1. The number of carbonyl (C=O) groups is 1. The Labute approximate surface area is 170 Å². The van der Waals surface area contributed by atoms with E-state index in [0.29, 0.717) is 50.4 Å². The van der Waals surface area contributed by atoms with Crippen molar-refractivity contribution in [3.8, 4) is 0 Å². The Hall–Kier alpha value is -2.10. The summed E-state index contributed by atoms with van der Waals surface area (Å²) in [7, 11) is 0. The number of halogens is 1. The fourth-order valence-corrected chi connectivity index (χ4v) is 3.57. The number of hydrogen-bond acceptors (Lipinski definition) is 7. The lowest BCUT2D eigenvalue weighted by molar-refractivity contribution is -0.00340. The van der Waals surface area contributed by atoms with Crippen LogP contribution >= 0.6 is 0 Å². The molecule has 162 valence electrons. The molecule has 0 radical (unpaired) electrons. The minimum Gasteiger partial charge on any atom is -0.444 e. The van der Waals surface area contributed by atoms with E-state index < -0.39 is 18.1 Å². The zero-order valence-corrected chi connectivity index (χ0v) is 17.2. The number of ether oxygens (including phenoxy) is 1. The third-order valence-electron chi connectivity index (χ3n) is 5.07. The Morgan fingerprint density at radius 1 is 1.21 bits per heavy atom. The Morgan fingerprint density at radius 2 is 1.90 bits per heavy atom. The van der Waals surface area contributed by atoms with Crippen molar-refractivity contribution < 1.29 is 24.1 Å². The number of anilines is 2. The van der Waals surface area contributed by atoms with Crippen molar-refractivity contribution in [1.29, 1.82) is 0 Å². The first-order chi connectivity index (χ1) is 13.6. The Bertz CT molecular complexity index is 719. The van der Waals surface area contributed by atoms with Crippen molar-refractivity contribution in [2.45, 2.75) is 57.7 Å². The molecule has 29 heavy (non-hydrogen) atoms. The highest BCUT2D eigenvalue weighted by Gasteiger charge is 2.28. The summed E-state index contributed by atoms with van der Waals surface area (Å²) in [5, 5.41) is 25.3. The van der Waals surface area contributed by atoms with Gasteiger partial charge in [-0.05, 0) is 51.8 Å². The molecule has 1 aromatic rings. The second-order valence-corrected chi connectivity index (χ2v) is 8.58. The molecular weight excluding hydrogens is 379 g/mol. The summed E-state index contributed by atoms with van der Waals surface area (Å²) < 4.78 is 20.1. The normalized spacial score (nSPS) is 25.7. The number of piperazine rings is 1. The van der Waals surface area contributed by atoms with E-state index in [1.807, 2.05) is 25.7 Å². The van der Waals surface area contributed by atoms with Gasteiger partial charge in [-0.15, -0.1) is 0 Å². The fraction of sp³-hybridized carbons (Fsp3) is 0.650. The Balaban J connectivity index is 1.56. The predicted octanol–water partition coefficient (Wildman–Crippen LogP) is 1.68. The molecule has 2 fully saturated rings. The Morgan fingerprint density at radius 3 is 2.48 bits per heavy atom. The molecule has 3 atom stereocenters.